The highest BCUT2D eigenvalue weighted by molar-refractivity contribution is 7.89. The summed E-state index contributed by atoms with van der Waals surface area (Å²) in [6, 6.07) is 4.53. The number of carbonyl (C=O) groups is 1. The summed E-state index contributed by atoms with van der Waals surface area (Å²) in [5.41, 5.74) is 0. The monoisotopic (exact) mass is 360 g/mol. The number of hydrogen-bond acceptors (Lipinski definition) is 4. The van der Waals surface area contributed by atoms with Gasteiger partial charge in [-0.25, -0.2) is 8.42 Å². The summed E-state index contributed by atoms with van der Waals surface area (Å²) in [7, 11) is -2.30. The third-order valence-corrected chi connectivity index (χ3v) is 6.01. The first kappa shape index (κ1) is 18.0. The molecule has 1 aliphatic rings. The summed E-state index contributed by atoms with van der Waals surface area (Å²) in [6.45, 7) is 3.41. The lowest BCUT2D eigenvalue weighted by molar-refractivity contribution is -0.130. The maximum Gasteiger partial charge on any atom is 0.246 e. The lowest BCUT2D eigenvalue weighted by atomic mass is 10.3. The Labute approximate surface area is 142 Å². The predicted octanol–water partition coefficient (Wildman–Crippen LogP) is 1.98. The first-order chi connectivity index (χ1) is 10.9. The molecule has 0 radical (unpaired) electrons. The van der Waals surface area contributed by atoms with E-state index in [1.807, 2.05) is 0 Å². The summed E-state index contributed by atoms with van der Waals surface area (Å²) in [5.74, 6) is 0.310. The number of ether oxygens (including phenoxy) is 1. The minimum atomic E-state index is -3.72. The van der Waals surface area contributed by atoms with Crippen LogP contribution in [0.25, 0.3) is 0 Å². The molecule has 2 rings (SSSR count). The van der Waals surface area contributed by atoms with E-state index in [4.69, 9.17) is 16.3 Å². The van der Waals surface area contributed by atoms with Crippen molar-refractivity contribution in [2.75, 3.05) is 33.3 Å². The summed E-state index contributed by atoms with van der Waals surface area (Å²) >= 11 is 5.94. The van der Waals surface area contributed by atoms with E-state index in [9.17, 15) is 13.2 Å². The number of halogens is 1. The van der Waals surface area contributed by atoms with E-state index in [0.29, 0.717) is 37.5 Å². The van der Waals surface area contributed by atoms with Gasteiger partial charge < -0.3 is 9.64 Å². The van der Waals surface area contributed by atoms with Crippen molar-refractivity contribution >= 4 is 27.5 Å². The van der Waals surface area contributed by atoms with Crippen LogP contribution in [-0.4, -0.2) is 56.8 Å². The molecule has 6 nitrogen and oxygen atoms in total. The SMILES string of the molecule is CCC(=O)N1CCCN(S(=O)(=O)c2cc(Cl)ccc2OC)CC1. The highest BCUT2D eigenvalue weighted by Gasteiger charge is 2.30. The van der Waals surface area contributed by atoms with Gasteiger partial charge in [0.2, 0.25) is 15.9 Å². The zero-order valence-electron chi connectivity index (χ0n) is 13.3. The molecule has 128 valence electrons. The summed E-state index contributed by atoms with van der Waals surface area (Å²) < 4.78 is 32.4. The van der Waals surface area contributed by atoms with Crippen LogP contribution in [0.4, 0.5) is 0 Å². The van der Waals surface area contributed by atoms with Crippen molar-refractivity contribution in [2.24, 2.45) is 0 Å². The van der Waals surface area contributed by atoms with Crippen LogP contribution in [0.5, 0.6) is 5.75 Å². The minimum absolute atomic E-state index is 0.0459. The van der Waals surface area contributed by atoms with Crippen molar-refractivity contribution in [2.45, 2.75) is 24.7 Å². The number of amides is 1. The van der Waals surface area contributed by atoms with Crippen LogP contribution in [0.1, 0.15) is 19.8 Å². The maximum atomic E-state index is 12.9. The molecule has 1 aromatic carbocycles. The number of nitrogens with zero attached hydrogens (tertiary/aromatic N) is 2. The number of hydrogen-bond donors (Lipinski definition) is 0. The molecular weight excluding hydrogens is 340 g/mol. The molecule has 1 aromatic rings. The molecule has 0 aromatic heterocycles. The average Bonchev–Trinajstić information content (AvgIpc) is 2.80. The molecule has 8 heteroatoms. The van der Waals surface area contributed by atoms with Crippen molar-refractivity contribution in [1.82, 2.24) is 9.21 Å². The van der Waals surface area contributed by atoms with E-state index in [2.05, 4.69) is 0 Å². The van der Waals surface area contributed by atoms with Crippen molar-refractivity contribution in [1.29, 1.82) is 0 Å². The number of sulfonamides is 1. The van der Waals surface area contributed by atoms with Crippen molar-refractivity contribution in [3.8, 4) is 5.75 Å². The summed E-state index contributed by atoms with van der Waals surface area (Å²) in [6.07, 6.45) is 1.03. The molecule has 0 saturated carbocycles. The Balaban J connectivity index is 2.27. The van der Waals surface area contributed by atoms with E-state index in [1.165, 1.54) is 17.5 Å². The van der Waals surface area contributed by atoms with Gasteiger partial charge in [0, 0.05) is 37.6 Å². The van der Waals surface area contributed by atoms with Crippen molar-refractivity contribution in [3.05, 3.63) is 23.2 Å². The number of methoxy groups -OCH3 is 1. The van der Waals surface area contributed by atoms with Crippen LogP contribution in [0.15, 0.2) is 23.1 Å². The molecule has 0 aliphatic carbocycles. The molecule has 0 atom stereocenters. The topological polar surface area (TPSA) is 66.9 Å². The highest BCUT2D eigenvalue weighted by Crippen LogP contribution is 2.30. The van der Waals surface area contributed by atoms with Gasteiger partial charge in [-0.15, -0.1) is 0 Å². The third kappa shape index (κ3) is 3.97. The molecule has 0 bridgehead atoms. The largest absolute Gasteiger partial charge is 0.495 e. The normalized spacial score (nSPS) is 16.9. The van der Waals surface area contributed by atoms with Gasteiger partial charge in [0.25, 0.3) is 0 Å². The molecule has 0 spiro atoms. The highest BCUT2D eigenvalue weighted by atomic mass is 35.5. The first-order valence-electron chi connectivity index (χ1n) is 7.51. The number of rotatable bonds is 4. The lowest BCUT2D eigenvalue weighted by Gasteiger charge is -2.22. The van der Waals surface area contributed by atoms with E-state index < -0.39 is 10.0 Å². The van der Waals surface area contributed by atoms with E-state index in [0.717, 1.165) is 0 Å². The first-order valence-corrected chi connectivity index (χ1v) is 9.33. The zero-order valence-corrected chi connectivity index (χ0v) is 14.9. The Bertz CT molecular complexity index is 678. The molecule has 23 heavy (non-hydrogen) atoms. The van der Waals surface area contributed by atoms with Crippen LogP contribution in [0.2, 0.25) is 5.02 Å². The standard InChI is InChI=1S/C15H21ClN2O4S/c1-3-15(19)17-7-4-8-18(10-9-17)23(20,21)14-11-12(16)5-6-13(14)22-2/h5-6,11H,3-4,7-10H2,1-2H3. The molecular formula is C15H21ClN2O4S. The van der Waals surface area contributed by atoms with Gasteiger partial charge in [-0.2, -0.15) is 4.31 Å². The fourth-order valence-electron chi connectivity index (χ4n) is 2.60. The van der Waals surface area contributed by atoms with E-state index in [-0.39, 0.29) is 23.1 Å². The average molecular weight is 361 g/mol. The van der Waals surface area contributed by atoms with Crippen LogP contribution >= 0.6 is 11.6 Å². The Kier molecular flexibility index (Phi) is 5.89. The van der Waals surface area contributed by atoms with Crippen LogP contribution in [0.3, 0.4) is 0 Å². The fourth-order valence-corrected chi connectivity index (χ4v) is 4.49. The fraction of sp³-hybridized carbons (Fsp3) is 0.533. The molecule has 1 amide bonds. The maximum absolute atomic E-state index is 12.9. The second-order valence-electron chi connectivity index (χ2n) is 5.29. The lowest BCUT2D eigenvalue weighted by Crippen LogP contribution is -2.37. The second-order valence-corrected chi connectivity index (χ2v) is 7.63. The van der Waals surface area contributed by atoms with Crippen molar-refractivity contribution in [3.63, 3.8) is 0 Å². The van der Waals surface area contributed by atoms with Gasteiger partial charge in [-0.05, 0) is 24.6 Å². The Morgan fingerprint density at radius 1 is 1.26 bits per heavy atom. The molecule has 1 aliphatic heterocycles. The Morgan fingerprint density at radius 2 is 2.00 bits per heavy atom. The van der Waals surface area contributed by atoms with Crippen LogP contribution in [0, 0.1) is 0 Å². The number of benzene rings is 1. The summed E-state index contributed by atoms with van der Waals surface area (Å²) in [4.78, 5) is 13.6. The van der Waals surface area contributed by atoms with E-state index in [1.54, 1.807) is 24.0 Å². The van der Waals surface area contributed by atoms with Gasteiger partial charge in [0.05, 0.1) is 7.11 Å². The van der Waals surface area contributed by atoms with Gasteiger partial charge in [-0.1, -0.05) is 18.5 Å². The van der Waals surface area contributed by atoms with Gasteiger partial charge >= 0.3 is 0 Å². The Hall–Kier alpha value is -1.31. The Morgan fingerprint density at radius 3 is 2.65 bits per heavy atom. The quantitative estimate of drug-likeness (QED) is 0.823. The third-order valence-electron chi connectivity index (χ3n) is 3.85. The zero-order chi connectivity index (χ0) is 17.0. The molecule has 1 heterocycles. The van der Waals surface area contributed by atoms with Gasteiger partial charge in [-0.3, -0.25) is 4.79 Å². The molecule has 0 unspecified atom stereocenters. The van der Waals surface area contributed by atoms with E-state index >= 15 is 0 Å². The smallest absolute Gasteiger partial charge is 0.246 e. The van der Waals surface area contributed by atoms with Crippen LogP contribution < -0.4 is 4.74 Å². The minimum Gasteiger partial charge on any atom is -0.495 e. The van der Waals surface area contributed by atoms with Gasteiger partial charge in [0.15, 0.2) is 0 Å². The predicted molar refractivity (Wildman–Crippen MR) is 88.3 cm³/mol. The number of carbonyl (C=O) groups excluding carboxylic acids is 1. The second kappa shape index (κ2) is 7.51. The molecule has 0 N–H and O–H groups in total. The van der Waals surface area contributed by atoms with Crippen LogP contribution in [-0.2, 0) is 14.8 Å². The van der Waals surface area contributed by atoms with Crippen molar-refractivity contribution < 1.29 is 17.9 Å². The molecule has 1 fully saturated rings. The summed E-state index contributed by atoms with van der Waals surface area (Å²) in [5, 5.41) is 0.335. The molecule has 1 saturated heterocycles. The van der Waals surface area contributed by atoms with Gasteiger partial charge in [0.1, 0.15) is 10.6 Å².